The maximum Gasteiger partial charge on any atom is 0.147 e. The normalized spacial score (nSPS) is 9.75. The topological polar surface area (TPSA) is 61.8 Å². The minimum atomic E-state index is 0.312. The second-order valence-corrected chi connectivity index (χ2v) is 2.86. The van der Waals surface area contributed by atoms with Crippen molar-refractivity contribution in [1.82, 2.24) is 4.98 Å². The predicted molar refractivity (Wildman–Crippen MR) is 52.3 cm³/mol. The Kier molecular flexibility index (Phi) is 3.13. The average molecular weight is 183 g/mol. The third-order valence-corrected chi connectivity index (χ3v) is 1.70. The van der Waals surface area contributed by atoms with E-state index in [4.69, 9.17) is 23.1 Å². The average Bonchev–Trinajstić information content (AvgIpc) is 2.06. The molecule has 12 heavy (non-hydrogen) atoms. The molecule has 0 fully saturated rings. The molecule has 0 aliphatic rings. The Bertz CT molecular complexity index is 271. The molecule has 0 saturated carbocycles. The van der Waals surface area contributed by atoms with Gasteiger partial charge in [0.15, 0.2) is 0 Å². The first kappa shape index (κ1) is 9.09. The van der Waals surface area contributed by atoms with Gasteiger partial charge in [0.25, 0.3) is 0 Å². The molecule has 0 bridgehead atoms. The molecule has 4 N–H and O–H groups in total. The minimum absolute atomic E-state index is 0.312. The number of hydrogen-bond acceptors (Lipinski definition) is 2. The summed E-state index contributed by atoms with van der Waals surface area (Å²) < 4.78 is 0. The van der Waals surface area contributed by atoms with Gasteiger partial charge in [-0.15, -0.1) is 0 Å². The fourth-order valence-corrected chi connectivity index (χ4v) is 0.983. The van der Waals surface area contributed by atoms with Gasteiger partial charge >= 0.3 is 0 Å². The maximum atomic E-state index is 7.00. The van der Waals surface area contributed by atoms with Gasteiger partial charge in [0.05, 0.1) is 5.69 Å². The second-order valence-electron chi connectivity index (χ2n) is 2.42. The van der Waals surface area contributed by atoms with E-state index in [9.17, 15) is 0 Å². The van der Waals surface area contributed by atoms with Crippen molar-refractivity contribution in [2.45, 2.75) is 6.42 Å². The van der Waals surface area contributed by atoms with E-state index in [-0.39, 0.29) is 0 Å². The van der Waals surface area contributed by atoms with Crippen LogP contribution in [0.1, 0.15) is 11.3 Å². The van der Waals surface area contributed by atoms with Gasteiger partial charge in [0, 0.05) is 12.6 Å². The Morgan fingerprint density at radius 1 is 1.58 bits per heavy atom. The summed E-state index contributed by atoms with van der Waals surface area (Å²) in [6.07, 6.45) is 2.44. The van der Waals surface area contributed by atoms with Crippen LogP contribution in [0.5, 0.6) is 0 Å². The Balaban J connectivity index is 2.78. The van der Waals surface area contributed by atoms with E-state index in [1.165, 1.54) is 0 Å². The van der Waals surface area contributed by atoms with Crippen LogP contribution in [0.4, 0.5) is 0 Å². The van der Waals surface area contributed by atoms with Crippen molar-refractivity contribution in [3.63, 3.8) is 0 Å². The summed E-state index contributed by atoms with van der Waals surface area (Å²) in [4.78, 5) is 4.36. The highest BCUT2D eigenvalue weighted by atomic mass is 32.1. The van der Waals surface area contributed by atoms with Gasteiger partial charge in [0.1, 0.15) is 11.6 Å². The van der Waals surface area contributed by atoms with Crippen LogP contribution in [0.25, 0.3) is 0 Å². The molecule has 0 radical (unpaired) electrons. The summed E-state index contributed by atoms with van der Waals surface area (Å²) >= 11 is 4.75. The molecule has 3 nitrogen and oxygen atoms in total. The lowest BCUT2D eigenvalue weighted by molar-refractivity contribution is 0.299. The van der Waals surface area contributed by atoms with Gasteiger partial charge in [-0.3, -0.25) is 4.98 Å². The lowest BCUT2D eigenvalue weighted by Gasteiger charge is -1.98. The molecule has 0 saturated heterocycles. The predicted octanol–water partition coefficient (Wildman–Crippen LogP) is -0.0171. The van der Waals surface area contributed by atoms with Crippen LogP contribution in [0.3, 0.4) is 0 Å². The highest BCUT2D eigenvalue weighted by Crippen LogP contribution is 2.00. The molecular weight excluding hydrogens is 172 g/mol. The molecule has 0 spiro atoms. The van der Waals surface area contributed by atoms with E-state index in [2.05, 4.69) is 4.98 Å². The fourth-order valence-electron chi connectivity index (χ4n) is 0.862. The SMILES string of the molecule is NC(=S)c1ccc(CC[OH2+])cn1. The first-order valence-corrected chi connectivity index (χ1v) is 4.04. The van der Waals surface area contributed by atoms with Crippen LogP contribution < -0.4 is 5.73 Å². The number of pyridine rings is 1. The van der Waals surface area contributed by atoms with Gasteiger partial charge in [0.2, 0.25) is 0 Å². The molecule has 0 aromatic carbocycles. The van der Waals surface area contributed by atoms with Crippen molar-refractivity contribution in [3.8, 4) is 0 Å². The van der Waals surface area contributed by atoms with Crippen LogP contribution >= 0.6 is 12.2 Å². The van der Waals surface area contributed by atoms with E-state index >= 15 is 0 Å². The highest BCUT2D eigenvalue weighted by Gasteiger charge is 1.98. The molecular formula is C8H11N2OS+. The fraction of sp³-hybridized carbons (Fsp3) is 0.250. The second kappa shape index (κ2) is 4.13. The molecule has 64 valence electrons. The van der Waals surface area contributed by atoms with Crippen LogP contribution in [0.2, 0.25) is 0 Å². The molecule has 1 heterocycles. The monoisotopic (exact) mass is 183 g/mol. The summed E-state index contributed by atoms with van der Waals surface area (Å²) in [6, 6.07) is 3.68. The van der Waals surface area contributed by atoms with E-state index in [0.29, 0.717) is 17.3 Å². The summed E-state index contributed by atoms with van der Waals surface area (Å²) in [5.41, 5.74) is 7.05. The molecule has 1 aromatic heterocycles. The molecule has 1 rings (SSSR count). The van der Waals surface area contributed by atoms with Crippen molar-refractivity contribution in [2.24, 2.45) is 5.73 Å². The highest BCUT2D eigenvalue weighted by molar-refractivity contribution is 7.80. The van der Waals surface area contributed by atoms with Crippen LogP contribution in [0, 0.1) is 0 Å². The van der Waals surface area contributed by atoms with Crippen molar-refractivity contribution in [2.75, 3.05) is 6.61 Å². The standard InChI is InChI=1S/C8H10N2OS/c9-8(12)7-2-1-6(3-4-11)5-10-7/h1-2,5,11H,3-4H2,(H2,9,12)/p+1. The molecule has 0 unspecified atom stereocenters. The lowest BCUT2D eigenvalue weighted by Crippen LogP contribution is -2.11. The number of nitrogens with zero attached hydrogens (tertiary/aromatic N) is 1. The molecule has 1 aromatic rings. The number of aromatic nitrogens is 1. The number of nitrogens with two attached hydrogens (primary N) is 1. The summed E-state index contributed by atoms with van der Waals surface area (Å²) in [5.74, 6) is 0. The third-order valence-electron chi connectivity index (χ3n) is 1.49. The van der Waals surface area contributed by atoms with Crippen LogP contribution in [-0.2, 0) is 6.42 Å². The summed E-state index contributed by atoms with van der Waals surface area (Å²) in [6.45, 7) is 0.383. The Morgan fingerprint density at radius 2 is 2.33 bits per heavy atom. The number of thiocarbonyl (C=S) groups is 1. The quantitative estimate of drug-likeness (QED) is 0.529. The third kappa shape index (κ3) is 2.25. The Morgan fingerprint density at radius 3 is 2.75 bits per heavy atom. The molecule has 0 amide bonds. The van der Waals surface area contributed by atoms with Gasteiger partial charge in [-0.2, -0.15) is 0 Å². The molecule has 0 atom stereocenters. The molecule has 0 aliphatic carbocycles. The summed E-state index contributed by atoms with van der Waals surface area (Å²) in [7, 11) is 0. The van der Waals surface area contributed by atoms with Gasteiger partial charge in [-0.1, -0.05) is 18.3 Å². The first-order valence-electron chi connectivity index (χ1n) is 3.63. The van der Waals surface area contributed by atoms with E-state index in [0.717, 1.165) is 12.0 Å². The zero-order valence-electron chi connectivity index (χ0n) is 6.58. The van der Waals surface area contributed by atoms with E-state index < -0.39 is 0 Å². The minimum Gasteiger partial charge on any atom is -0.445 e. The number of rotatable bonds is 3. The van der Waals surface area contributed by atoms with Crippen molar-refractivity contribution >= 4 is 17.2 Å². The smallest absolute Gasteiger partial charge is 0.147 e. The maximum absolute atomic E-state index is 7.00. The zero-order chi connectivity index (χ0) is 8.97. The van der Waals surface area contributed by atoms with Gasteiger partial charge < -0.3 is 10.8 Å². The summed E-state index contributed by atoms with van der Waals surface area (Å²) in [5, 5.41) is 7.00. The van der Waals surface area contributed by atoms with Crippen LogP contribution in [-0.4, -0.2) is 21.7 Å². The largest absolute Gasteiger partial charge is 0.445 e. The first-order chi connectivity index (χ1) is 5.74. The number of hydrogen-bond donors (Lipinski definition) is 1. The van der Waals surface area contributed by atoms with Crippen molar-refractivity contribution < 1.29 is 5.11 Å². The zero-order valence-corrected chi connectivity index (χ0v) is 7.40. The lowest BCUT2D eigenvalue weighted by atomic mass is 10.2. The van der Waals surface area contributed by atoms with Gasteiger partial charge in [-0.25, -0.2) is 0 Å². The molecule has 4 heteroatoms. The Labute approximate surface area is 76.2 Å². The Hall–Kier alpha value is -1.00. The van der Waals surface area contributed by atoms with Crippen molar-refractivity contribution in [1.29, 1.82) is 0 Å². The van der Waals surface area contributed by atoms with Crippen molar-refractivity contribution in [3.05, 3.63) is 29.6 Å². The van der Waals surface area contributed by atoms with Gasteiger partial charge in [-0.05, 0) is 11.6 Å². The van der Waals surface area contributed by atoms with E-state index in [1.54, 1.807) is 12.3 Å². The van der Waals surface area contributed by atoms with Crippen LogP contribution in [0.15, 0.2) is 18.3 Å². The molecule has 0 aliphatic heterocycles. The van der Waals surface area contributed by atoms with E-state index in [1.807, 2.05) is 6.07 Å².